The number of alkyl halides is 3. The number of nitrogens with one attached hydrogen (secondary N) is 1. The minimum atomic E-state index is -4.70. The van der Waals surface area contributed by atoms with Crippen LogP contribution < -0.4 is 15.8 Å². The molecule has 0 aliphatic carbocycles. The smallest absolute Gasteiger partial charge is 0.406 e. The molecule has 2 aromatic carbocycles. The van der Waals surface area contributed by atoms with Gasteiger partial charge in [-0.3, -0.25) is 4.90 Å². The van der Waals surface area contributed by atoms with Crippen LogP contribution in [0.15, 0.2) is 53.5 Å². The SMILES string of the molecule is CC(C)N(C)Cc1ccccc1CNC(N)=NCc1ccc(OC(F)(F)F)cc1.I. The highest BCUT2D eigenvalue weighted by Crippen LogP contribution is 2.22. The Bertz CT molecular complexity index is 811. The van der Waals surface area contributed by atoms with Gasteiger partial charge in [0, 0.05) is 19.1 Å². The van der Waals surface area contributed by atoms with Crippen molar-refractivity contribution in [3.63, 3.8) is 0 Å². The molecule has 0 saturated carbocycles. The molecule has 30 heavy (non-hydrogen) atoms. The summed E-state index contributed by atoms with van der Waals surface area (Å²) in [5, 5.41) is 3.09. The van der Waals surface area contributed by atoms with E-state index in [1.165, 1.54) is 29.8 Å². The lowest BCUT2D eigenvalue weighted by atomic mass is 10.1. The van der Waals surface area contributed by atoms with E-state index in [4.69, 9.17) is 5.73 Å². The van der Waals surface area contributed by atoms with Crippen LogP contribution in [0.25, 0.3) is 0 Å². The number of ether oxygens (including phenoxy) is 1. The molecule has 0 aliphatic rings. The minimum Gasteiger partial charge on any atom is -0.406 e. The maximum atomic E-state index is 12.2. The van der Waals surface area contributed by atoms with Crippen molar-refractivity contribution < 1.29 is 17.9 Å². The summed E-state index contributed by atoms with van der Waals surface area (Å²) in [5.41, 5.74) is 9.01. The van der Waals surface area contributed by atoms with Crippen LogP contribution in [0.3, 0.4) is 0 Å². The van der Waals surface area contributed by atoms with E-state index in [2.05, 4.69) is 46.9 Å². The summed E-state index contributed by atoms with van der Waals surface area (Å²) in [6.07, 6.45) is -4.70. The third-order valence-corrected chi connectivity index (χ3v) is 4.47. The van der Waals surface area contributed by atoms with Gasteiger partial charge in [-0.25, -0.2) is 4.99 Å². The number of guanidine groups is 1. The Morgan fingerprint density at radius 3 is 2.27 bits per heavy atom. The second kappa shape index (κ2) is 12.0. The van der Waals surface area contributed by atoms with Crippen LogP contribution in [-0.4, -0.2) is 30.3 Å². The molecule has 0 spiro atoms. The number of benzene rings is 2. The van der Waals surface area contributed by atoms with E-state index in [9.17, 15) is 13.2 Å². The number of hydrogen-bond donors (Lipinski definition) is 2. The predicted octanol–water partition coefficient (Wildman–Crippen LogP) is 4.65. The third kappa shape index (κ3) is 9.21. The van der Waals surface area contributed by atoms with Crippen molar-refractivity contribution in [3.05, 3.63) is 65.2 Å². The topological polar surface area (TPSA) is 62.9 Å². The van der Waals surface area contributed by atoms with E-state index in [1.807, 2.05) is 18.2 Å². The molecule has 166 valence electrons. The van der Waals surface area contributed by atoms with Crippen LogP contribution in [0.2, 0.25) is 0 Å². The Hall–Kier alpha value is -2.01. The van der Waals surface area contributed by atoms with E-state index in [0.717, 1.165) is 17.7 Å². The van der Waals surface area contributed by atoms with E-state index in [-0.39, 0.29) is 42.2 Å². The lowest BCUT2D eigenvalue weighted by molar-refractivity contribution is -0.274. The summed E-state index contributed by atoms with van der Waals surface area (Å²) < 4.78 is 40.4. The van der Waals surface area contributed by atoms with Gasteiger partial charge < -0.3 is 15.8 Å². The van der Waals surface area contributed by atoms with Gasteiger partial charge in [-0.05, 0) is 49.7 Å². The van der Waals surface area contributed by atoms with Gasteiger partial charge in [0.1, 0.15) is 5.75 Å². The first kappa shape index (κ1) is 26.0. The first-order valence-electron chi connectivity index (χ1n) is 9.29. The van der Waals surface area contributed by atoms with E-state index in [0.29, 0.717) is 12.6 Å². The maximum absolute atomic E-state index is 12.2. The Kier molecular flexibility index (Phi) is 10.4. The summed E-state index contributed by atoms with van der Waals surface area (Å²) in [6.45, 7) is 5.91. The van der Waals surface area contributed by atoms with Crippen molar-refractivity contribution in [3.8, 4) is 5.75 Å². The number of hydrogen-bond acceptors (Lipinski definition) is 3. The average molecular weight is 536 g/mol. The summed E-state index contributed by atoms with van der Waals surface area (Å²) >= 11 is 0. The van der Waals surface area contributed by atoms with Gasteiger partial charge in [0.15, 0.2) is 5.96 Å². The van der Waals surface area contributed by atoms with Crippen molar-refractivity contribution in [2.45, 2.75) is 45.9 Å². The Morgan fingerprint density at radius 2 is 1.70 bits per heavy atom. The highest BCUT2D eigenvalue weighted by atomic mass is 127. The summed E-state index contributed by atoms with van der Waals surface area (Å²) in [7, 11) is 2.08. The molecule has 0 aromatic heterocycles. The van der Waals surface area contributed by atoms with Gasteiger partial charge >= 0.3 is 6.36 Å². The molecule has 0 radical (unpaired) electrons. The fourth-order valence-corrected chi connectivity index (χ4v) is 2.55. The zero-order valence-corrected chi connectivity index (χ0v) is 19.6. The van der Waals surface area contributed by atoms with Crippen LogP contribution in [0.5, 0.6) is 5.75 Å². The highest BCUT2D eigenvalue weighted by molar-refractivity contribution is 14.0. The molecule has 0 atom stereocenters. The summed E-state index contributed by atoms with van der Waals surface area (Å²) in [5.74, 6) is 0.00642. The van der Waals surface area contributed by atoms with Crippen molar-refractivity contribution >= 4 is 29.9 Å². The van der Waals surface area contributed by atoms with Crippen molar-refractivity contribution in [2.75, 3.05) is 7.05 Å². The lowest BCUT2D eigenvalue weighted by Gasteiger charge is -2.22. The van der Waals surface area contributed by atoms with Crippen LogP contribution >= 0.6 is 24.0 Å². The normalized spacial score (nSPS) is 12.1. The van der Waals surface area contributed by atoms with E-state index < -0.39 is 6.36 Å². The zero-order chi connectivity index (χ0) is 21.4. The molecule has 0 saturated heterocycles. The van der Waals surface area contributed by atoms with Gasteiger partial charge in [0.2, 0.25) is 0 Å². The monoisotopic (exact) mass is 536 g/mol. The van der Waals surface area contributed by atoms with Crippen molar-refractivity contribution in [2.24, 2.45) is 10.7 Å². The molecular formula is C21H28F3IN4O. The highest BCUT2D eigenvalue weighted by Gasteiger charge is 2.30. The second-order valence-electron chi connectivity index (χ2n) is 7.02. The number of nitrogens with two attached hydrogens (primary N) is 1. The molecule has 2 aromatic rings. The summed E-state index contributed by atoms with van der Waals surface area (Å²) in [4.78, 5) is 6.49. The molecule has 0 bridgehead atoms. The zero-order valence-electron chi connectivity index (χ0n) is 17.2. The third-order valence-electron chi connectivity index (χ3n) is 4.47. The Labute approximate surface area is 192 Å². The minimum absolute atomic E-state index is 0. The quantitative estimate of drug-likeness (QED) is 0.293. The van der Waals surface area contributed by atoms with Gasteiger partial charge in [-0.1, -0.05) is 36.4 Å². The first-order valence-corrected chi connectivity index (χ1v) is 9.29. The molecular weight excluding hydrogens is 508 g/mol. The maximum Gasteiger partial charge on any atom is 0.573 e. The molecule has 0 aliphatic heterocycles. The average Bonchev–Trinajstić information content (AvgIpc) is 2.65. The van der Waals surface area contributed by atoms with Crippen molar-refractivity contribution in [1.29, 1.82) is 0 Å². The van der Waals surface area contributed by atoms with E-state index in [1.54, 1.807) is 0 Å². The Morgan fingerprint density at radius 1 is 1.10 bits per heavy atom. The second-order valence-corrected chi connectivity index (χ2v) is 7.02. The molecule has 0 amide bonds. The standard InChI is InChI=1S/C21H27F3N4O.HI/c1-15(2)28(3)14-18-7-5-4-6-17(18)13-27-20(25)26-12-16-8-10-19(11-9-16)29-21(22,23)24;/h4-11,15H,12-14H2,1-3H3,(H3,25,26,27);1H. The van der Waals surface area contributed by atoms with Gasteiger partial charge in [-0.2, -0.15) is 0 Å². The van der Waals surface area contributed by atoms with Crippen molar-refractivity contribution in [1.82, 2.24) is 10.2 Å². The molecule has 0 heterocycles. The number of nitrogens with zero attached hydrogens (tertiary/aromatic N) is 2. The lowest BCUT2D eigenvalue weighted by Crippen LogP contribution is -2.32. The summed E-state index contributed by atoms with van der Waals surface area (Å²) in [6, 6.07) is 14.1. The van der Waals surface area contributed by atoms with Gasteiger partial charge in [0.25, 0.3) is 0 Å². The van der Waals surface area contributed by atoms with Crippen LogP contribution in [0, 0.1) is 0 Å². The number of aliphatic imine (C=N–C) groups is 1. The molecule has 0 fully saturated rings. The van der Waals surface area contributed by atoms with E-state index >= 15 is 0 Å². The Balaban J connectivity index is 0.00000450. The fraction of sp³-hybridized carbons (Fsp3) is 0.381. The number of halogens is 4. The molecule has 9 heteroatoms. The molecule has 5 nitrogen and oxygen atoms in total. The molecule has 0 unspecified atom stereocenters. The van der Waals surface area contributed by atoms with Gasteiger partial charge in [-0.15, -0.1) is 37.1 Å². The van der Waals surface area contributed by atoms with Crippen LogP contribution in [0.1, 0.15) is 30.5 Å². The molecule has 3 N–H and O–H groups in total. The predicted molar refractivity (Wildman–Crippen MR) is 124 cm³/mol. The number of rotatable bonds is 8. The largest absolute Gasteiger partial charge is 0.573 e. The molecule has 2 rings (SSSR count). The van der Waals surface area contributed by atoms with Crippen LogP contribution in [0.4, 0.5) is 13.2 Å². The first-order chi connectivity index (χ1) is 13.6. The van der Waals surface area contributed by atoms with Crippen LogP contribution in [-0.2, 0) is 19.6 Å². The van der Waals surface area contributed by atoms with Gasteiger partial charge in [0.05, 0.1) is 6.54 Å². The fourth-order valence-electron chi connectivity index (χ4n) is 2.55.